The Morgan fingerprint density at radius 1 is 1.27 bits per heavy atom. The van der Waals surface area contributed by atoms with Crippen LogP contribution in [-0.2, 0) is 4.79 Å². The molecule has 1 heterocycles. The van der Waals surface area contributed by atoms with Crippen molar-refractivity contribution in [1.82, 2.24) is 4.98 Å². The zero-order valence-corrected chi connectivity index (χ0v) is 14.9. The third-order valence-electron chi connectivity index (χ3n) is 3.70. The number of benzene rings is 2. The number of fused-ring (bicyclic) bond motifs is 1. The van der Waals surface area contributed by atoms with Crippen molar-refractivity contribution in [1.29, 1.82) is 0 Å². The Hall–Kier alpha value is -2.99. The van der Waals surface area contributed by atoms with Gasteiger partial charge in [0.25, 0.3) is 0 Å². The standard InChI is InChI=1S/C19H16ClNO5/c1-24-16-9-11(8-13(20)18(16)25-2)7-12(10-17(22)23)19-21-14-5-3-4-6-15(14)26-19/h3-9H,10H2,1-2H3,(H,22,23)/p-1/b12-7+. The Labute approximate surface area is 154 Å². The highest BCUT2D eigenvalue weighted by Crippen LogP contribution is 2.37. The lowest BCUT2D eigenvalue weighted by molar-refractivity contribution is -0.304. The molecule has 0 spiro atoms. The van der Waals surface area contributed by atoms with Gasteiger partial charge in [0.2, 0.25) is 5.89 Å². The number of carboxylic acids is 1. The fourth-order valence-corrected chi connectivity index (χ4v) is 2.87. The van der Waals surface area contributed by atoms with E-state index in [-0.39, 0.29) is 12.3 Å². The lowest BCUT2D eigenvalue weighted by Gasteiger charge is -2.11. The minimum absolute atomic E-state index is 0.210. The number of hydrogen-bond donors (Lipinski definition) is 0. The van der Waals surface area contributed by atoms with Gasteiger partial charge in [0.05, 0.1) is 19.2 Å². The molecule has 0 atom stereocenters. The monoisotopic (exact) mass is 372 g/mol. The molecule has 0 amide bonds. The van der Waals surface area contributed by atoms with Gasteiger partial charge in [-0.1, -0.05) is 23.7 Å². The fourth-order valence-electron chi connectivity index (χ4n) is 2.58. The molecule has 6 nitrogen and oxygen atoms in total. The maximum atomic E-state index is 11.2. The number of methoxy groups -OCH3 is 2. The normalized spacial score (nSPS) is 11.6. The van der Waals surface area contributed by atoms with Crippen molar-refractivity contribution in [3.63, 3.8) is 0 Å². The summed E-state index contributed by atoms with van der Waals surface area (Å²) in [5.74, 6) is -0.211. The summed E-state index contributed by atoms with van der Waals surface area (Å²) in [6.45, 7) is 0. The predicted molar refractivity (Wildman–Crippen MR) is 96.1 cm³/mol. The molecule has 0 fully saturated rings. The molecule has 26 heavy (non-hydrogen) atoms. The van der Waals surface area contributed by atoms with Crippen LogP contribution in [0.3, 0.4) is 0 Å². The Morgan fingerprint density at radius 2 is 2.04 bits per heavy atom. The van der Waals surface area contributed by atoms with Crippen LogP contribution in [0.15, 0.2) is 40.8 Å². The molecule has 0 saturated carbocycles. The van der Waals surface area contributed by atoms with Crippen molar-refractivity contribution < 1.29 is 23.8 Å². The van der Waals surface area contributed by atoms with Crippen LogP contribution in [0.4, 0.5) is 0 Å². The van der Waals surface area contributed by atoms with E-state index in [9.17, 15) is 9.90 Å². The number of nitrogens with zero attached hydrogens (tertiary/aromatic N) is 1. The second kappa shape index (κ2) is 7.49. The van der Waals surface area contributed by atoms with Crippen LogP contribution in [0, 0.1) is 0 Å². The van der Waals surface area contributed by atoms with Crippen molar-refractivity contribution in [3.05, 3.63) is 52.9 Å². The van der Waals surface area contributed by atoms with Crippen LogP contribution in [0.1, 0.15) is 17.9 Å². The smallest absolute Gasteiger partial charge is 0.223 e. The summed E-state index contributed by atoms with van der Waals surface area (Å²) < 4.78 is 16.1. The molecular weight excluding hydrogens is 358 g/mol. The number of rotatable bonds is 6. The summed E-state index contributed by atoms with van der Waals surface area (Å²) in [6.07, 6.45) is 1.26. The van der Waals surface area contributed by atoms with Crippen LogP contribution in [0.2, 0.25) is 5.02 Å². The van der Waals surface area contributed by atoms with Gasteiger partial charge in [-0.25, -0.2) is 4.98 Å². The molecule has 0 radical (unpaired) electrons. The number of carbonyl (C=O) groups is 1. The second-order valence-corrected chi connectivity index (χ2v) is 5.85. The molecule has 3 aromatic rings. The van der Waals surface area contributed by atoms with Crippen LogP contribution in [-0.4, -0.2) is 25.2 Å². The van der Waals surface area contributed by atoms with Gasteiger partial charge in [0, 0.05) is 18.0 Å². The third kappa shape index (κ3) is 3.65. The van der Waals surface area contributed by atoms with Gasteiger partial charge in [-0.2, -0.15) is 0 Å². The van der Waals surface area contributed by atoms with Crippen LogP contribution < -0.4 is 14.6 Å². The zero-order chi connectivity index (χ0) is 18.7. The predicted octanol–water partition coefficient (Wildman–Crippen LogP) is 3.18. The summed E-state index contributed by atoms with van der Waals surface area (Å²) >= 11 is 6.21. The number of oxazole rings is 1. The molecule has 0 unspecified atom stereocenters. The summed E-state index contributed by atoms with van der Waals surface area (Å²) in [5.41, 5.74) is 2.17. The summed E-state index contributed by atoms with van der Waals surface area (Å²) in [5, 5.41) is 11.5. The first-order chi connectivity index (χ1) is 12.5. The molecule has 134 valence electrons. The Balaban J connectivity index is 2.10. The molecule has 0 N–H and O–H groups in total. The SMILES string of the molecule is COc1cc(/C=C(\CC(=O)[O-])c2nc3ccccc3o2)cc(Cl)c1OC. The van der Waals surface area contributed by atoms with E-state index in [1.54, 1.807) is 30.3 Å². The van der Waals surface area contributed by atoms with Gasteiger partial charge in [0.15, 0.2) is 17.1 Å². The van der Waals surface area contributed by atoms with Gasteiger partial charge in [-0.15, -0.1) is 0 Å². The van der Waals surface area contributed by atoms with E-state index >= 15 is 0 Å². The molecule has 0 aliphatic carbocycles. The second-order valence-electron chi connectivity index (χ2n) is 5.44. The zero-order valence-electron chi connectivity index (χ0n) is 14.1. The highest BCUT2D eigenvalue weighted by atomic mass is 35.5. The molecule has 0 bridgehead atoms. The van der Waals surface area contributed by atoms with E-state index in [4.69, 9.17) is 25.5 Å². The van der Waals surface area contributed by atoms with E-state index in [1.807, 2.05) is 12.1 Å². The van der Waals surface area contributed by atoms with Gasteiger partial charge < -0.3 is 23.8 Å². The van der Waals surface area contributed by atoms with E-state index < -0.39 is 5.97 Å². The molecule has 0 saturated heterocycles. The molecule has 0 aliphatic rings. The molecule has 7 heteroatoms. The lowest BCUT2D eigenvalue weighted by atomic mass is 10.1. The Kier molecular flexibility index (Phi) is 5.14. The van der Waals surface area contributed by atoms with E-state index in [2.05, 4.69) is 4.98 Å². The van der Waals surface area contributed by atoms with E-state index in [0.717, 1.165) is 0 Å². The quantitative estimate of drug-likeness (QED) is 0.660. The van der Waals surface area contributed by atoms with Crippen molar-refractivity contribution in [3.8, 4) is 11.5 Å². The first-order valence-corrected chi connectivity index (χ1v) is 8.07. The number of carbonyl (C=O) groups excluding carboxylic acids is 1. The number of ether oxygens (including phenoxy) is 2. The number of aromatic nitrogens is 1. The lowest BCUT2D eigenvalue weighted by Crippen LogP contribution is -2.22. The number of hydrogen-bond acceptors (Lipinski definition) is 6. The van der Waals surface area contributed by atoms with Crippen molar-refractivity contribution in [2.75, 3.05) is 14.2 Å². The third-order valence-corrected chi connectivity index (χ3v) is 3.98. The van der Waals surface area contributed by atoms with Crippen molar-refractivity contribution in [2.45, 2.75) is 6.42 Å². The molecule has 2 aromatic carbocycles. The number of para-hydroxylation sites is 2. The van der Waals surface area contributed by atoms with E-state index in [1.165, 1.54) is 14.2 Å². The summed E-state index contributed by atoms with van der Waals surface area (Å²) in [6, 6.07) is 10.5. The van der Waals surface area contributed by atoms with Gasteiger partial charge in [0.1, 0.15) is 5.52 Å². The minimum Gasteiger partial charge on any atom is -0.550 e. The number of halogens is 1. The first kappa shape index (κ1) is 17.8. The topological polar surface area (TPSA) is 84.6 Å². The van der Waals surface area contributed by atoms with Gasteiger partial charge in [-0.3, -0.25) is 0 Å². The van der Waals surface area contributed by atoms with Gasteiger partial charge in [-0.05, 0) is 35.9 Å². The highest BCUT2D eigenvalue weighted by molar-refractivity contribution is 6.32. The number of aliphatic carboxylic acids is 1. The summed E-state index contributed by atoms with van der Waals surface area (Å²) in [4.78, 5) is 15.5. The average Bonchev–Trinajstić information content (AvgIpc) is 3.04. The maximum absolute atomic E-state index is 11.2. The molecule has 3 rings (SSSR count). The first-order valence-electron chi connectivity index (χ1n) is 7.69. The molecule has 0 aliphatic heterocycles. The van der Waals surface area contributed by atoms with Crippen LogP contribution in [0.5, 0.6) is 11.5 Å². The minimum atomic E-state index is -1.25. The Bertz CT molecular complexity index is 960. The average molecular weight is 373 g/mol. The number of carboxylic acid groups (broad SMARTS) is 1. The van der Waals surface area contributed by atoms with Crippen LogP contribution in [0.25, 0.3) is 22.7 Å². The van der Waals surface area contributed by atoms with Crippen molar-refractivity contribution in [2.24, 2.45) is 0 Å². The largest absolute Gasteiger partial charge is 0.550 e. The van der Waals surface area contributed by atoms with Crippen LogP contribution >= 0.6 is 11.6 Å². The molecule has 1 aromatic heterocycles. The van der Waals surface area contributed by atoms with Gasteiger partial charge >= 0.3 is 0 Å². The fraction of sp³-hybridized carbons (Fsp3) is 0.158. The van der Waals surface area contributed by atoms with E-state index in [0.29, 0.717) is 38.8 Å². The molecular formula is C19H15ClNO5-. The van der Waals surface area contributed by atoms with Crippen molar-refractivity contribution >= 4 is 40.3 Å². The highest BCUT2D eigenvalue weighted by Gasteiger charge is 2.14. The summed E-state index contributed by atoms with van der Waals surface area (Å²) in [7, 11) is 2.98. The Morgan fingerprint density at radius 3 is 2.69 bits per heavy atom. The maximum Gasteiger partial charge on any atom is 0.223 e.